The summed E-state index contributed by atoms with van der Waals surface area (Å²) in [5, 5.41) is 9.07. The van der Waals surface area contributed by atoms with Gasteiger partial charge in [-0.2, -0.15) is 0 Å². The number of hydrogen-bond donors (Lipinski definition) is 1. The van der Waals surface area contributed by atoms with E-state index >= 15 is 0 Å². The number of aromatic carboxylic acids is 1. The lowest BCUT2D eigenvalue weighted by Gasteiger charge is -2.23. The second kappa shape index (κ2) is 5.46. The van der Waals surface area contributed by atoms with Gasteiger partial charge in [-0.05, 0) is 37.2 Å². The molecule has 1 aromatic rings. The highest BCUT2D eigenvalue weighted by molar-refractivity contribution is 5.89. The quantitative estimate of drug-likeness (QED) is 0.888. The summed E-state index contributed by atoms with van der Waals surface area (Å²) in [4.78, 5) is 13.1. The van der Waals surface area contributed by atoms with Crippen LogP contribution in [-0.4, -0.2) is 42.3 Å². The van der Waals surface area contributed by atoms with Gasteiger partial charge in [0.15, 0.2) is 0 Å². The van der Waals surface area contributed by atoms with E-state index in [4.69, 9.17) is 9.84 Å². The molecule has 2 rings (SSSR count). The number of likely N-dealkylation sites (N-methyl/N-ethyl adjacent to an activating group) is 1. The van der Waals surface area contributed by atoms with Gasteiger partial charge < -0.3 is 9.84 Å². The molecule has 0 aliphatic carbocycles. The average Bonchev–Trinajstić information content (AvgIpc) is 2.81. The lowest BCUT2D eigenvalue weighted by molar-refractivity contribution is 0.0694. The van der Waals surface area contributed by atoms with Crippen molar-refractivity contribution in [2.45, 2.75) is 19.0 Å². The molecule has 1 aliphatic rings. The number of benzene rings is 1. The van der Waals surface area contributed by atoms with Crippen LogP contribution in [-0.2, 0) is 11.3 Å². The third-order valence-electron chi connectivity index (χ3n) is 3.25. The number of rotatable bonds is 4. The minimum absolute atomic E-state index is 0.155. The SMILES string of the molecule is CN(Cc1cc(F)ccc1C(=O)O)C1CCOC1. The van der Waals surface area contributed by atoms with Gasteiger partial charge in [0.1, 0.15) is 5.82 Å². The predicted octanol–water partition coefficient (Wildman–Crippen LogP) is 1.74. The second-order valence-corrected chi connectivity index (χ2v) is 4.54. The molecule has 1 saturated heterocycles. The maximum atomic E-state index is 13.2. The van der Waals surface area contributed by atoms with Crippen LogP contribution in [0.15, 0.2) is 18.2 Å². The van der Waals surface area contributed by atoms with Crippen molar-refractivity contribution in [3.05, 3.63) is 35.1 Å². The van der Waals surface area contributed by atoms with Crippen LogP contribution in [0.3, 0.4) is 0 Å². The predicted molar refractivity (Wildman–Crippen MR) is 64.1 cm³/mol. The van der Waals surface area contributed by atoms with Crippen molar-refractivity contribution in [2.24, 2.45) is 0 Å². The zero-order valence-corrected chi connectivity index (χ0v) is 10.2. The number of ether oxygens (including phenoxy) is 1. The zero-order valence-electron chi connectivity index (χ0n) is 10.2. The Morgan fingerprint density at radius 2 is 2.39 bits per heavy atom. The van der Waals surface area contributed by atoms with E-state index < -0.39 is 11.8 Å². The monoisotopic (exact) mass is 253 g/mol. The fourth-order valence-electron chi connectivity index (χ4n) is 2.17. The molecule has 1 fully saturated rings. The smallest absolute Gasteiger partial charge is 0.336 e. The first-order valence-electron chi connectivity index (χ1n) is 5.87. The van der Waals surface area contributed by atoms with Gasteiger partial charge in [0.2, 0.25) is 0 Å². The summed E-state index contributed by atoms with van der Waals surface area (Å²) >= 11 is 0. The number of halogens is 1. The lowest BCUT2D eigenvalue weighted by atomic mass is 10.1. The number of nitrogens with zero attached hydrogens (tertiary/aromatic N) is 1. The molecular weight excluding hydrogens is 237 g/mol. The molecule has 4 nitrogen and oxygen atoms in total. The molecule has 1 atom stereocenters. The van der Waals surface area contributed by atoms with Crippen LogP contribution in [0.25, 0.3) is 0 Å². The highest BCUT2D eigenvalue weighted by Crippen LogP contribution is 2.17. The Labute approximate surface area is 105 Å². The molecule has 1 unspecified atom stereocenters. The van der Waals surface area contributed by atoms with Gasteiger partial charge in [-0.1, -0.05) is 0 Å². The molecule has 1 N–H and O–H groups in total. The van der Waals surface area contributed by atoms with Gasteiger partial charge in [-0.3, -0.25) is 4.90 Å². The van der Waals surface area contributed by atoms with Crippen LogP contribution >= 0.6 is 0 Å². The number of carboxylic acids is 1. The largest absolute Gasteiger partial charge is 0.478 e. The van der Waals surface area contributed by atoms with Crippen LogP contribution in [0, 0.1) is 5.82 Å². The first kappa shape index (κ1) is 13.0. The van der Waals surface area contributed by atoms with Gasteiger partial charge in [0.05, 0.1) is 12.2 Å². The fourth-order valence-corrected chi connectivity index (χ4v) is 2.17. The first-order valence-corrected chi connectivity index (χ1v) is 5.87. The molecule has 0 radical (unpaired) electrons. The number of carbonyl (C=O) groups is 1. The van der Waals surface area contributed by atoms with Gasteiger partial charge in [-0.25, -0.2) is 9.18 Å². The summed E-state index contributed by atoms with van der Waals surface area (Å²) in [7, 11) is 1.90. The Bertz CT molecular complexity index is 444. The van der Waals surface area contributed by atoms with Crippen molar-refractivity contribution in [3.63, 3.8) is 0 Å². The highest BCUT2D eigenvalue weighted by Gasteiger charge is 2.22. The van der Waals surface area contributed by atoms with Crippen molar-refractivity contribution in [3.8, 4) is 0 Å². The molecule has 18 heavy (non-hydrogen) atoms. The highest BCUT2D eigenvalue weighted by atomic mass is 19.1. The van der Waals surface area contributed by atoms with Crippen LogP contribution in [0.2, 0.25) is 0 Å². The number of carboxylic acid groups (broad SMARTS) is 1. The molecule has 1 aliphatic heterocycles. The Balaban J connectivity index is 2.16. The van der Waals surface area contributed by atoms with Gasteiger partial charge in [-0.15, -0.1) is 0 Å². The molecule has 0 amide bonds. The summed E-state index contributed by atoms with van der Waals surface area (Å²) in [6, 6.07) is 4.04. The van der Waals surface area contributed by atoms with Crippen molar-refractivity contribution in [1.82, 2.24) is 4.90 Å². The van der Waals surface area contributed by atoms with Crippen LogP contribution in [0.5, 0.6) is 0 Å². The summed E-state index contributed by atoms with van der Waals surface area (Å²) in [6.07, 6.45) is 0.925. The topological polar surface area (TPSA) is 49.8 Å². The van der Waals surface area contributed by atoms with E-state index in [1.807, 2.05) is 11.9 Å². The fraction of sp³-hybridized carbons (Fsp3) is 0.462. The van der Waals surface area contributed by atoms with E-state index in [2.05, 4.69) is 0 Å². The normalized spacial score (nSPS) is 19.4. The molecule has 1 heterocycles. The van der Waals surface area contributed by atoms with E-state index in [1.54, 1.807) is 0 Å². The third-order valence-corrected chi connectivity index (χ3v) is 3.25. The molecule has 0 saturated carbocycles. The molecular formula is C13H16FNO3. The molecule has 0 bridgehead atoms. The van der Waals surface area contributed by atoms with Crippen molar-refractivity contribution in [2.75, 3.05) is 20.3 Å². The van der Waals surface area contributed by atoms with Gasteiger partial charge in [0.25, 0.3) is 0 Å². The van der Waals surface area contributed by atoms with Crippen LogP contribution in [0.4, 0.5) is 4.39 Å². The Morgan fingerprint density at radius 1 is 1.61 bits per heavy atom. The lowest BCUT2D eigenvalue weighted by Crippen LogP contribution is -2.32. The molecule has 5 heteroatoms. The Morgan fingerprint density at radius 3 is 3.00 bits per heavy atom. The maximum Gasteiger partial charge on any atom is 0.336 e. The minimum Gasteiger partial charge on any atom is -0.478 e. The van der Waals surface area contributed by atoms with E-state index in [0.29, 0.717) is 18.7 Å². The van der Waals surface area contributed by atoms with Crippen LogP contribution < -0.4 is 0 Å². The van der Waals surface area contributed by atoms with Crippen LogP contribution in [0.1, 0.15) is 22.3 Å². The van der Waals surface area contributed by atoms with Crippen molar-refractivity contribution in [1.29, 1.82) is 0 Å². The molecule has 0 spiro atoms. The summed E-state index contributed by atoms with van der Waals surface area (Å²) < 4.78 is 18.5. The molecule has 98 valence electrons. The molecule has 1 aromatic carbocycles. The Kier molecular flexibility index (Phi) is 3.93. The molecule has 0 aromatic heterocycles. The third kappa shape index (κ3) is 2.86. The van der Waals surface area contributed by atoms with Crippen molar-refractivity contribution < 1.29 is 19.0 Å². The number of hydrogen-bond acceptors (Lipinski definition) is 3. The second-order valence-electron chi connectivity index (χ2n) is 4.54. The summed E-state index contributed by atoms with van der Waals surface area (Å²) in [6.45, 7) is 1.78. The Hall–Kier alpha value is -1.46. The average molecular weight is 253 g/mol. The van der Waals surface area contributed by atoms with E-state index in [-0.39, 0.29) is 11.6 Å². The van der Waals surface area contributed by atoms with Crippen molar-refractivity contribution >= 4 is 5.97 Å². The zero-order chi connectivity index (χ0) is 13.1. The standard InChI is InChI=1S/C13H16FNO3/c1-15(11-4-5-18-8-11)7-9-6-10(14)2-3-12(9)13(16)17/h2-3,6,11H,4-5,7-8H2,1H3,(H,16,17). The summed E-state index contributed by atoms with van der Waals surface area (Å²) in [5.74, 6) is -1.44. The summed E-state index contributed by atoms with van der Waals surface area (Å²) in [5.41, 5.74) is 0.652. The maximum absolute atomic E-state index is 13.2. The van der Waals surface area contributed by atoms with E-state index in [9.17, 15) is 9.18 Å². The van der Waals surface area contributed by atoms with Gasteiger partial charge in [0, 0.05) is 19.2 Å². The van der Waals surface area contributed by atoms with Gasteiger partial charge >= 0.3 is 5.97 Å². The van der Waals surface area contributed by atoms with E-state index in [1.165, 1.54) is 18.2 Å². The first-order chi connectivity index (χ1) is 8.58. The van der Waals surface area contributed by atoms with E-state index in [0.717, 1.165) is 13.0 Å². The minimum atomic E-state index is -1.03.